The quantitative estimate of drug-likeness (QED) is 0.841. The number of phenolic OH excluding ortho intramolecular Hbond substituents is 1. The molecule has 2 rings (SSSR count). The van der Waals surface area contributed by atoms with E-state index in [1.165, 1.54) is 0 Å². The van der Waals surface area contributed by atoms with Crippen molar-refractivity contribution in [2.24, 2.45) is 5.92 Å². The molecule has 1 atom stereocenters. The van der Waals surface area contributed by atoms with Crippen molar-refractivity contribution in [2.45, 2.75) is 24.8 Å². The zero-order chi connectivity index (χ0) is 13.7. The highest BCUT2D eigenvalue weighted by Gasteiger charge is 2.20. The standard InChI is InChI=1S/C15H23NO2S/c1-12(2)9-16-6-7-18-14(10-16)11-19-15-5-3-4-13(17)8-15/h3-5,8,12,14,17H,6-7,9-11H2,1-2H3. The summed E-state index contributed by atoms with van der Waals surface area (Å²) in [7, 11) is 0. The van der Waals surface area contributed by atoms with Gasteiger partial charge in [0, 0.05) is 30.3 Å². The summed E-state index contributed by atoms with van der Waals surface area (Å²) in [6, 6.07) is 7.41. The first-order valence-electron chi connectivity index (χ1n) is 6.89. The number of phenols is 1. The first-order chi connectivity index (χ1) is 9.13. The van der Waals surface area contributed by atoms with Crippen LogP contribution in [0.25, 0.3) is 0 Å². The highest BCUT2D eigenvalue weighted by molar-refractivity contribution is 7.99. The van der Waals surface area contributed by atoms with E-state index in [0.29, 0.717) is 17.8 Å². The Kier molecular flexibility index (Phi) is 5.55. The molecule has 1 aliphatic rings. The smallest absolute Gasteiger partial charge is 0.116 e. The first kappa shape index (κ1) is 14.7. The van der Waals surface area contributed by atoms with E-state index in [-0.39, 0.29) is 0 Å². The zero-order valence-electron chi connectivity index (χ0n) is 11.7. The molecule has 3 nitrogen and oxygen atoms in total. The molecular weight excluding hydrogens is 258 g/mol. The predicted molar refractivity (Wildman–Crippen MR) is 79.8 cm³/mol. The second kappa shape index (κ2) is 7.17. The van der Waals surface area contributed by atoms with Gasteiger partial charge in [0.05, 0.1) is 12.7 Å². The molecule has 1 N–H and O–H groups in total. The number of thioether (sulfide) groups is 1. The predicted octanol–water partition coefficient (Wildman–Crippen LogP) is 2.84. The molecule has 0 radical (unpaired) electrons. The van der Waals surface area contributed by atoms with Gasteiger partial charge in [0.2, 0.25) is 0 Å². The molecule has 4 heteroatoms. The summed E-state index contributed by atoms with van der Waals surface area (Å²) in [5, 5.41) is 9.44. The molecule has 1 aromatic rings. The Labute approximate surface area is 120 Å². The third kappa shape index (κ3) is 5.05. The van der Waals surface area contributed by atoms with Crippen LogP contribution in [-0.2, 0) is 4.74 Å². The monoisotopic (exact) mass is 281 g/mol. The number of morpholine rings is 1. The fourth-order valence-corrected chi connectivity index (χ4v) is 3.28. The van der Waals surface area contributed by atoms with Crippen LogP contribution in [0, 0.1) is 5.92 Å². The van der Waals surface area contributed by atoms with Crippen LogP contribution in [0.2, 0.25) is 0 Å². The first-order valence-corrected chi connectivity index (χ1v) is 7.88. The van der Waals surface area contributed by atoms with Crippen molar-refractivity contribution in [2.75, 3.05) is 32.0 Å². The van der Waals surface area contributed by atoms with E-state index in [2.05, 4.69) is 18.7 Å². The van der Waals surface area contributed by atoms with Gasteiger partial charge in [-0.05, 0) is 24.1 Å². The summed E-state index contributed by atoms with van der Waals surface area (Å²) < 4.78 is 5.82. The highest BCUT2D eigenvalue weighted by atomic mass is 32.2. The maximum absolute atomic E-state index is 9.44. The number of rotatable bonds is 5. The summed E-state index contributed by atoms with van der Waals surface area (Å²) in [6.45, 7) is 8.56. The van der Waals surface area contributed by atoms with Crippen LogP contribution < -0.4 is 0 Å². The van der Waals surface area contributed by atoms with Crippen LogP contribution in [0.3, 0.4) is 0 Å². The van der Waals surface area contributed by atoms with Crippen molar-refractivity contribution in [1.29, 1.82) is 0 Å². The van der Waals surface area contributed by atoms with Crippen molar-refractivity contribution < 1.29 is 9.84 Å². The van der Waals surface area contributed by atoms with Crippen molar-refractivity contribution in [3.63, 3.8) is 0 Å². The third-order valence-corrected chi connectivity index (χ3v) is 4.23. The number of hydrogen-bond acceptors (Lipinski definition) is 4. The van der Waals surface area contributed by atoms with E-state index in [9.17, 15) is 5.11 Å². The molecule has 1 fully saturated rings. The molecule has 0 saturated carbocycles. The lowest BCUT2D eigenvalue weighted by atomic mass is 10.2. The van der Waals surface area contributed by atoms with E-state index in [4.69, 9.17) is 4.74 Å². The summed E-state index contributed by atoms with van der Waals surface area (Å²) in [5.74, 6) is 1.98. The van der Waals surface area contributed by atoms with Gasteiger partial charge < -0.3 is 9.84 Å². The summed E-state index contributed by atoms with van der Waals surface area (Å²) in [4.78, 5) is 3.59. The van der Waals surface area contributed by atoms with Crippen molar-refractivity contribution in [3.05, 3.63) is 24.3 Å². The Balaban J connectivity index is 1.79. The third-order valence-electron chi connectivity index (χ3n) is 3.10. The van der Waals surface area contributed by atoms with Gasteiger partial charge in [-0.25, -0.2) is 0 Å². The Morgan fingerprint density at radius 2 is 2.32 bits per heavy atom. The SMILES string of the molecule is CC(C)CN1CCOC(CSc2cccc(O)c2)C1. The minimum Gasteiger partial charge on any atom is -0.508 e. The minimum absolute atomic E-state index is 0.292. The molecule has 1 heterocycles. The molecule has 0 aromatic heterocycles. The van der Waals surface area contributed by atoms with E-state index in [0.717, 1.165) is 36.9 Å². The molecular formula is C15H23NO2S. The van der Waals surface area contributed by atoms with Gasteiger partial charge >= 0.3 is 0 Å². The number of ether oxygens (including phenoxy) is 1. The molecule has 0 bridgehead atoms. The van der Waals surface area contributed by atoms with Gasteiger partial charge in [0.15, 0.2) is 0 Å². The van der Waals surface area contributed by atoms with Gasteiger partial charge in [0.1, 0.15) is 5.75 Å². The normalized spacial score (nSPS) is 20.9. The fraction of sp³-hybridized carbons (Fsp3) is 0.600. The van der Waals surface area contributed by atoms with Crippen LogP contribution in [-0.4, -0.2) is 48.1 Å². The molecule has 1 aromatic carbocycles. The lowest BCUT2D eigenvalue weighted by molar-refractivity contribution is -0.0191. The Morgan fingerprint density at radius 1 is 1.47 bits per heavy atom. The Morgan fingerprint density at radius 3 is 3.05 bits per heavy atom. The number of benzene rings is 1. The van der Waals surface area contributed by atoms with Crippen molar-refractivity contribution in [3.8, 4) is 5.75 Å². The highest BCUT2D eigenvalue weighted by Crippen LogP contribution is 2.24. The summed E-state index contributed by atoms with van der Waals surface area (Å²) in [5.41, 5.74) is 0. The molecule has 1 unspecified atom stereocenters. The van der Waals surface area contributed by atoms with E-state index in [1.54, 1.807) is 23.9 Å². The number of nitrogens with zero attached hydrogens (tertiary/aromatic N) is 1. The molecule has 1 aliphatic heterocycles. The topological polar surface area (TPSA) is 32.7 Å². The van der Waals surface area contributed by atoms with Crippen molar-refractivity contribution >= 4 is 11.8 Å². The minimum atomic E-state index is 0.292. The molecule has 106 valence electrons. The molecule has 1 saturated heterocycles. The lowest BCUT2D eigenvalue weighted by Crippen LogP contribution is -2.44. The zero-order valence-corrected chi connectivity index (χ0v) is 12.5. The number of aromatic hydroxyl groups is 1. The number of hydrogen-bond donors (Lipinski definition) is 1. The van der Waals surface area contributed by atoms with E-state index in [1.807, 2.05) is 12.1 Å². The maximum Gasteiger partial charge on any atom is 0.116 e. The van der Waals surface area contributed by atoms with Crippen LogP contribution in [0.4, 0.5) is 0 Å². The molecule has 0 aliphatic carbocycles. The van der Waals surface area contributed by atoms with Crippen molar-refractivity contribution in [1.82, 2.24) is 4.90 Å². The molecule has 19 heavy (non-hydrogen) atoms. The van der Waals surface area contributed by atoms with Crippen LogP contribution >= 0.6 is 11.8 Å². The van der Waals surface area contributed by atoms with Gasteiger partial charge in [-0.15, -0.1) is 11.8 Å². The van der Waals surface area contributed by atoms with Crippen LogP contribution in [0.15, 0.2) is 29.2 Å². The second-order valence-electron chi connectivity index (χ2n) is 5.45. The molecule has 0 spiro atoms. The van der Waals surface area contributed by atoms with Crippen LogP contribution in [0.1, 0.15) is 13.8 Å². The average molecular weight is 281 g/mol. The van der Waals surface area contributed by atoms with Gasteiger partial charge in [0.25, 0.3) is 0 Å². The summed E-state index contributed by atoms with van der Waals surface area (Å²) in [6.07, 6.45) is 0.292. The van der Waals surface area contributed by atoms with Gasteiger partial charge in [-0.3, -0.25) is 4.90 Å². The average Bonchev–Trinajstić information content (AvgIpc) is 2.36. The Hall–Kier alpha value is -0.710. The van der Waals surface area contributed by atoms with Gasteiger partial charge in [-0.2, -0.15) is 0 Å². The fourth-order valence-electron chi connectivity index (χ4n) is 2.33. The maximum atomic E-state index is 9.44. The van der Waals surface area contributed by atoms with Gasteiger partial charge in [-0.1, -0.05) is 19.9 Å². The van der Waals surface area contributed by atoms with E-state index >= 15 is 0 Å². The second-order valence-corrected chi connectivity index (χ2v) is 6.55. The van der Waals surface area contributed by atoms with Crippen LogP contribution in [0.5, 0.6) is 5.75 Å². The lowest BCUT2D eigenvalue weighted by Gasteiger charge is -2.33. The largest absolute Gasteiger partial charge is 0.508 e. The van der Waals surface area contributed by atoms with E-state index < -0.39 is 0 Å². The molecule has 0 amide bonds. The Bertz CT molecular complexity index is 397. The summed E-state index contributed by atoms with van der Waals surface area (Å²) >= 11 is 1.75.